The Morgan fingerprint density at radius 3 is 2.44 bits per heavy atom. The second-order valence-electron chi connectivity index (χ2n) is 3.18. The molecule has 0 unspecified atom stereocenters. The van der Waals surface area contributed by atoms with Crippen molar-refractivity contribution < 1.29 is 9.53 Å². The maximum absolute atomic E-state index is 10.9. The minimum absolute atomic E-state index is 0.239. The SMILES string of the molecule is C=CC(=O)OCc1ccc(C=C)c(C=C)c1. The van der Waals surface area contributed by atoms with Crippen LogP contribution >= 0.6 is 0 Å². The molecule has 2 nitrogen and oxygen atoms in total. The first-order chi connectivity index (χ1) is 7.71. The molecular weight excluding hydrogens is 200 g/mol. The molecule has 0 radical (unpaired) electrons. The van der Waals surface area contributed by atoms with Gasteiger partial charge in [-0.1, -0.05) is 44.0 Å². The molecular formula is C14H14O2. The minimum atomic E-state index is -0.423. The van der Waals surface area contributed by atoms with E-state index in [4.69, 9.17) is 4.74 Å². The van der Waals surface area contributed by atoms with Crippen molar-refractivity contribution in [2.45, 2.75) is 6.61 Å². The van der Waals surface area contributed by atoms with Crippen molar-refractivity contribution in [2.24, 2.45) is 0 Å². The van der Waals surface area contributed by atoms with Crippen LogP contribution in [-0.4, -0.2) is 5.97 Å². The largest absolute Gasteiger partial charge is 0.458 e. The summed E-state index contributed by atoms with van der Waals surface area (Å²) >= 11 is 0. The number of esters is 1. The van der Waals surface area contributed by atoms with Gasteiger partial charge in [0.25, 0.3) is 0 Å². The summed E-state index contributed by atoms with van der Waals surface area (Å²) in [6.07, 6.45) is 4.65. The van der Waals surface area contributed by atoms with E-state index < -0.39 is 5.97 Å². The molecule has 0 N–H and O–H groups in total. The van der Waals surface area contributed by atoms with Crippen LogP contribution < -0.4 is 0 Å². The molecule has 1 aromatic rings. The van der Waals surface area contributed by atoms with Gasteiger partial charge < -0.3 is 4.74 Å². The van der Waals surface area contributed by atoms with E-state index >= 15 is 0 Å². The van der Waals surface area contributed by atoms with Gasteiger partial charge in [-0.25, -0.2) is 4.79 Å². The fourth-order valence-electron chi connectivity index (χ4n) is 1.29. The summed E-state index contributed by atoms with van der Waals surface area (Å²) in [5.41, 5.74) is 2.90. The standard InChI is InChI=1S/C14H14O2/c1-4-12-8-7-11(9-13(12)5-2)10-16-14(15)6-3/h4-9H,1-3,10H2. The average molecular weight is 214 g/mol. The Labute approximate surface area is 95.6 Å². The number of carbonyl (C=O) groups excluding carboxylic acids is 1. The first kappa shape index (κ1) is 12.0. The molecule has 0 atom stereocenters. The lowest BCUT2D eigenvalue weighted by Crippen LogP contribution is -2.00. The van der Waals surface area contributed by atoms with Gasteiger partial charge in [0, 0.05) is 6.08 Å². The molecule has 1 aromatic carbocycles. The van der Waals surface area contributed by atoms with Crippen molar-refractivity contribution in [1.82, 2.24) is 0 Å². The fourth-order valence-corrected chi connectivity index (χ4v) is 1.29. The summed E-state index contributed by atoms with van der Waals surface area (Å²) in [5, 5.41) is 0. The van der Waals surface area contributed by atoms with E-state index in [0.717, 1.165) is 22.8 Å². The first-order valence-electron chi connectivity index (χ1n) is 4.88. The van der Waals surface area contributed by atoms with E-state index in [1.807, 2.05) is 18.2 Å². The minimum Gasteiger partial charge on any atom is -0.458 e. The zero-order chi connectivity index (χ0) is 12.0. The average Bonchev–Trinajstić information content (AvgIpc) is 2.35. The smallest absolute Gasteiger partial charge is 0.330 e. The Morgan fingerprint density at radius 1 is 1.19 bits per heavy atom. The molecule has 0 spiro atoms. The van der Waals surface area contributed by atoms with Crippen molar-refractivity contribution in [1.29, 1.82) is 0 Å². The molecule has 82 valence electrons. The van der Waals surface area contributed by atoms with Gasteiger partial charge in [-0.2, -0.15) is 0 Å². The third kappa shape index (κ3) is 2.95. The zero-order valence-electron chi connectivity index (χ0n) is 9.11. The second kappa shape index (κ2) is 5.71. The molecule has 1 rings (SSSR count). The molecule has 0 saturated heterocycles. The van der Waals surface area contributed by atoms with Crippen LogP contribution in [0.1, 0.15) is 16.7 Å². The van der Waals surface area contributed by atoms with Crippen LogP contribution in [0.4, 0.5) is 0 Å². The Bertz CT molecular complexity index is 430. The quantitative estimate of drug-likeness (QED) is 0.555. The normalized spacial score (nSPS) is 9.25. The third-order valence-electron chi connectivity index (χ3n) is 2.14. The van der Waals surface area contributed by atoms with Crippen molar-refractivity contribution in [3.8, 4) is 0 Å². The summed E-state index contributed by atoms with van der Waals surface area (Å²) in [6, 6.07) is 5.72. The van der Waals surface area contributed by atoms with Gasteiger partial charge in [0.15, 0.2) is 0 Å². The summed E-state index contributed by atoms with van der Waals surface area (Å²) in [4.78, 5) is 10.9. The Balaban J connectivity index is 2.82. The van der Waals surface area contributed by atoms with Crippen molar-refractivity contribution in [3.05, 3.63) is 60.7 Å². The fraction of sp³-hybridized carbons (Fsp3) is 0.0714. The highest BCUT2D eigenvalue weighted by Crippen LogP contribution is 2.15. The van der Waals surface area contributed by atoms with Gasteiger partial charge in [-0.3, -0.25) is 0 Å². The van der Waals surface area contributed by atoms with Gasteiger partial charge in [-0.05, 0) is 22.8 Å². The van der Waals surface area contributed by atoms with Gasteiger partial charge in [0.1, 0.15) is 6.61 Å². The topological polar surface area (TPSA) is 26.3 Å². The monoisotopic (exact) mass is 214 g/mol. The molecule has 0 aliphatic rings. The highest BCUT2D eigenvalue weighted by atomic mass is 16.5. The van der Waals surface area contributed by atoms with Crippen LogP contribution in [0.5, 0.6) is 0 Å². The van der Waals surface area contributed by atoms with Crippen LogP contribution in [0.3, 0.4) is 0 Å². The molecule has 0 aliphatic carbocycles. The van der Waals surface area contributed by atoms with Crippen LogP contribution in [0.15, 0.2) is 44.0 Å². The maximum atomic E-state index is 10.9. The van der Waals surface area contributed by atoms with Gasteiger partial charge in [0.05, 0.1) is 0 Å². The molecule has 0 heterocycles. The Hall–Kier alpha value is -2.09. The predicted molar refractivity (Wildman–Crippen MR) is 66.6 cm³/mol. The highest BCUT2D eigenvalue weighted by molar-refractivity contribution is 5.81. The van der Waals surface area contributed by atoms with Crippen LogP contribution in [-0.2, 0) is 16.1 Å². The third-order valence-corrected chi connectivity index (χ3v) is 2.14. The van der Waals surface area contributed by atoms with Crippen molar-refractivity contribution >= 4 is 18.1 Å². The van der Waals surface area contributed by atoms with E-state index in [0.29, 0.717) is 0 Å². The number of benzene rings is 1. The van der Waals surface area contributed by atoms with E-state index in [2.05, 4.69) is 19.7 Å². The Morgan fingerprint density at radius 2 is 1.88 bits per heavy atom. The lowest BCUT2D eigenvalue weighted by Gasteiger charge is -2.06. The second-order valence-corrected chi connectivity index (χ2v) is 3.18. The van der Waals surface area contributed by atoms with E-state index in [-0.39, 0.29) is 6.61 Å². The lowest BCUT2D eigenvalue weighted by atomic mass is 10.0. The van der Waals surface area contributed by atoms with E-state index in [9.17, 15) is 4.79 Å². The molecule has 0 saturated carbocycles. The number of carbonyl (C=O) groups is 1. The lowest BCUT2D eigenvalue weighted by molar-refractivity contribution is -0.138. The van der Waals surface area contributed by atoms with Crippen molar-refractivity contribution in [2.75, 3.05) is 0 Å². The summed E-state index contributed by atoms with van der Waals surface area (Å²) in [7, 11) is 0. The predicted octanol–water partition coefficient (Wildman–Crippen LogP) is 3.20. The number of ether oxygens (including phenoxy) is 1. The molecule has 0 aliphatic heterocycles. The van der Waals surface area contributed by atoms with Gasteiger partial charge >= 0.3 is 5.97 Å². The van der Waals surface area contributed by atoms with Crippen LogP contribution in [0.25, 0.3) is 12.2 Å². The molecule has 2 heteroatoms. The van der Waals surface area contributed by atoms with Gasteiger partial charge in [0.2, 0.25) is 0 Å². The zero-order valence-corrected chi connectivity index (χ0v) is 9.11. The van der Waals surface area contributed by atoms with Crippen molar-refractivity contribution in [3.63, 3.8) is 0 Å². The molecule has 0 fully saturated rings. The summed E-state index contributed by atoms with van der Waals surface area (Å²) in [5.74, 6) is -0.423. The van der Waals surface area contributed by atoms with Crippen LogP contribution in [0, 0.1) is 0 Å². The van der Waals surface area contributed by atoms with Crippen LogP contribution in [0.2, 0.25) is 0 Å². The number of hydrogen-bond acceptors (Lipinski definition) is 2. The summed E-state index contributed by atoms with van der Waals surface area (Å²) in [6.45, 7) is 11.0. The molecule has 0 aromatic heterocycles. The molecule has 0 bridgehead atoms. The highest BCUT2D eigenvalue weighted by Gasteiger charge is 2.01. The Kier molecular flexibility index (Phi) is 4.28. The number of rotatable bonds is 5. The molecule has 16 heavy (non-hydrogen) atoms. The van der Waals surface area contributed by atoms with E-state index in [1.165, 1.54) is 0 Å². The maximum Gasteiger partial charge on any atom is 0.330 e. The molecule has 0 amide bonds. The summed E-state index contributed by atoms with van der Waals surface area (Å²) < 4.78 is 4.93. The van der Waals surface area contributed by atoms with Gasteiger partial charge in [-0.15, -0.1) is 0 Å². The first-order valence-corrected chi connectivity index (χ1v) is 4.88. The number of hydrogen-bond donors (Lipinski definition) is 0. The van der Waals surface area contributed by atoms with E-state index in [1.54, 1.807) is 12.2 Å².